The average Bonchev–Trinajstić information content (AvgIpc) is 2.86. The van der Waals surface area contributed by atoms with Gasteiger partial charge < -0.3 is 15.4 Å². The monoisotopic (exact) mass is 197 g/mol. The van der Waals surface area contributed by atoms with E-state index in [1.165, 1.54) is 12.8 Å². The standard InChI is InChI=1S/C10H19N3O/c1-10(2)7-13(5-6-14-10)9(11)12-8-3-4-8/h8H,3-7H2,1-2H3,(H2,11,12). The minimum absolute atomic E-state index is 0.0953. The fraction of sp³-hybridized carbons (Fsp3) is 0.900. The second kappa shape index (κ2) is 3.42. The topological polar surface area (TPSA) is 50.8 Å². The summed E-state index contributed by atoms with van der Waals surface area (Å²) in [6, 6.07) is 0.501. The number of hydrogen-bond acceptors (Lipinski definition) is 2. The van der Waals surface area contributed by atoms with E-state index in [9.17, 15) is 0 Å². The van der Waals surface area contributed by atoms with Crippen molar-refractivity contribution in [3.8, 4) is 0 Å². The van der Waals surface area contributed by atoms with E-state index in [1.54, 1.807) is 0 Å². The molecule has 1 aliphatic heterocycles. The third kappa shape index (κ3) is 2.38. The maximum atomic E-state index is 5.93. The summed E-state index contributed by atoms with van der Waals surface area (Å²) in [7, 11) is 0. The molecule has 1 saturated heterocycles. The zero-order valence-electron chi connectivity index (χ0n) is 8.99. The van der Waals surface area contributed by atoms with Crippen LogP contribution in [0.15, 0.2) is 4.99 Å². The van der Waals surface area contributed by atoms with Crippen LogP contribution in [-0.2, 0) is 4.74 Å². The lowest BCUT2D eigenvalue weighted by Gasteiger charge is -2.38. The van der Waals surface area contributed by atoms with Crippen molar-refractivity contribution in [2.45, 2.75) is 38.3 Å². The normalized spacial score (nSPS) is 27.9. The van der Waals surface area contributed by atoms with Crippen LogP contribution >= 0.6 is 0 Å². The summed E-state index contributed by atoms with van der Waals surface area (Å²) in [6.45, 7) is 6.63. The molecule has 0 spiro atoms. The van der Waals surface area contributed by atoms with Crippen molar-refractivity contribution in [3.63, 3.8) is 0 Å². The summed E-state index contributed by atoms with van der Waals surface area (Å²) in [5.41, 5.74) is 5.84. The van der Waals surface area contributed by atoms with E-state index in [4.69, 9.17) is 10.5 Å². The second-order valence-corrected chi connectivity index (χ2v) is 4.75. The quantitative estimate of drug-likeness (QED) is 0.494. The number of morpholine rings is 1. The van der Waals surface area contributed by atoms with Crippen molar-refractivity contribution in [1.82, 2.24) is 4.90 Å². The molecule has 0 aromatic rings. The Morgan fingerprint density at radius 1 is 1.50 bits per heavy atom. The molecule has 0 aromatic carbocycles. The van der Waals surface area contributed by atoms with Gasteiger partial charge in [-0.2, -0.15) is 0 Å². The molecule has 2 aliphatic rings. The maximum absolute atomic E-state index is 5.93. The Morgan fingerprint density at radius 2 is 2.21 bits per heavy atom. The van der Waals surface area contributed by atoms with Crippen LogP contribution in [0.5, 0.6) is 0 Å². The number of hydrogen-bond donors (Lipinski definition) is 1. The third-order valence-electron chi connectivity index (χ3n) is 2.61. The van der Waals surface area contributed by atoms with Gasteiger partial charge in [-0.25, -0.2) is 4.99 Å². The van der Waals surface area contributed by atoms with E-state index in [0.29, 0.717) is 12.0 Å². The highest BCUT2D eigenvalue weighted by atomic mass is 16.5. The Kier molecular flexibility index (Phi) is 2.39. The first-order valence-corrected chi connectivity index (χ1v) is 5.29. The highest BCUT2D eigenvalue weighted by molar-refractivity contribution is 5.78. The van der Waals surface area contributed by atoms with E-state index in [0.717, 1.165) is 19.7 Å². The maximum Gasteiger partial charge on any atom is 0.191 e. The first-order chi connectivity index (χ1) is 6.57. The summed E-state index contributed by atoms with van der Waals surface area (Å²) in [4.78, 5) is 6.57. The molecule has 2 N–H and O–H groups in total. The lowest BCUT2D eigenvalue weighted by molar-refractivity contribution is -0.0680. The highest BCUT2D eigenvalue weighted by Gasteiger charge is 2.29. The fourth-order valence-corrected chi connectivity index (χ4v) is 1.68. The predicted octanol–water partition coefficient (Wildman–Crippen LogP) is 0.574. The molecule has 0 bridgehead atoms. The molecule has 1 aliphatic carbocycles. The Morgan fingerprint density at radius 3 is 2.79 bits per heavy atom. The van der Waals surface area contributed by atoms with Gasteiger partial charge in [0, 0.05) is 13.1 Å². The molecule has 4 nitrogen and oxygen atoms in total. The number of ether oxygens (including phenoxy) is 1. The van der Waals surface area contributed by atoms with Gasteiger partial charge in [-0.05, 0) is 26.7 Å². The van der Waals surface area contributed by atoms with Crippen LogP contribution in [0.2, 0.25) is 0 Å². The summed E-state index contributed by atoms with van der Waals surface area (Å²) in [5, 5.41) is 0. The van der Waals surface area contributed by atoms with Gasteiger partial charge in [-0.1, -0.05) is 0 Å². The van der Waals surface area contributed by atoms with Crippen LogP contribution < -0.4 is 5.73 Å². The van der Waals surface area contributed by atoms with Crippen LogP contribution in [0.3, 0.4) is 0 Å². The molecule has 4 heteroatoms. The largest absolute Gasteiger partial charge is 0.372 e. The summed E-state index contributed by atoms with van der Waals surface area (Å²) < 4.78 is 5.61. The van der Waals surface area contributed by atoms with E-state index in [2.05, 4.69) is 23.7 Å². The number of nitrogens with zero attached hydrogens (tertiary/aromatic N) is 2. The van der Waals surface area contributed by atoms with Crippen molar-refractivity contribution in [2.24, 2.45) is 10.7 Å². The smallest absolute Gasteiger partial charge is 0.191 e. The molecule has 0 amide bonds. The fourth-order valence-electron chi connectivity index (χ4n) is 1.68. The first-order valence-electron chi connectivity index (χ1n) is 5.29. The lowest BCUT2D eigenvalue weighted by atomic mass is 10.1. The summed E-state index contributed by atoms with van der Waals surface area (Å²) in [6.07, 6.45) is 2.41. The average molecular weight is 197 g/mol. The summed E-state index contributed by atoms with van der Waals surface area (Å²) in [5.74, 6) is 0.698. The van der Waals surface area contributed by atoms with E-state index < -0.39 is 0 Å². The van der Waals surface area contributed by atoms with Crippen molar-refractivity contribution < 1.29 is 4.74 Å². The van der Waals surface area contributed by atoms with Gasteiger partial charge in [0.25, 0.3) is 0 Å². The zero-order valence-corrected chi connectivity index (χ0v) is 8.99. The van der Waals surface area contributed by atoms with Gasteiger partial charge in [0.05, 0.1) is 18.2 Å². The van der Waals surface area contributed by atoms with Crippen LogP contribution in [0.1, 0.15) is 26.7 Å². The summed E-state index contributed by atoms with van der Waals surface area (Å²) >= 11 is 0. The van der Waals surface area contributed by atoms with Gasteiger partial charge >= 0.3 is 0 Å². The number of guanidine groups is 1. The molecule has 0 atom stereocenters. The molecule has 14 heavy (non-hydrogen) atoms. The molecule has 0 unspecified atom stereocenters. The second-order valence-electron chi connectivity index (χ2n) is 4.75. The molecule has 1 saturated carbocycles. The van der Waals surface area contributed by atoms with Crippen molar-refractivity contribution in [1.29, 1.82) is 0 Å². The molecular weight excluding hydrogens is 178 g/mol. The van der Waals surface area contributed by atoms with E-state index in [-0.39, 0.29) is 5.60 Å². The van der Waals surface area contributed by atoms with Gasteiger partial charge in [-0.3, -0.25) is 0 Å². The molecule has 2 fully saturated rings. The number of aliphatic imine (C=N–C) groups is 1. The predicted molar refractivity (Wildman–Crippen MR) is 56.2 cm³/mol. The molecule has 2 rings (SSSR count). The van der Waals surface area contributed by atoms with Crippen LogP contribution in [0.4, 0.5) is 0 Å². The molecule has 80 valence electrons. The molecule has 0 radical (unpaired) electrons. The molecule has 0 aromatic heterocycles. The van der Waals surface area contributed by atoms with Crippen LogP contribution in [-0.4, -0.2) is 42.2 Å². The molecular formula is C10H19N3O. The molecule has 1 heterocycles. The van der Waals surface area contributed by atoms with Gasteiger partial charge in [0.2, 0.25) is 0 Å². The first kappa shape index (κ1) is 9.77. The lowest BCUT2D eigenvalue weighted by Crippen LogP contribution is -2.53. The SMILES string of the molecule is CC1(C)CN(C(N)=NC2CC2)CCO1. The van der Waals surface area contributed by atoms with Gasteiger partial charge in [0.1, 0.15) is 0 Å². The Labute approximate surface area is 85.1 Å². The van der Waals surface area contributed by atoms with Crippen molar-refractivity contribution in [2.75, 3.05) is 19.7 Å². The van der Waals surface area contributed by atoms with Gasteiger partial charge in [-0.15, -0.1) is 0 Å². The minimum atomic E-state index is -0.0953. The zero-order chi connectivity index (χ0) is 10.2. The third-order valence-corrected chi connectivity index (χ3v) is 2.61. The van der Waals surface area contributed by atoms with Crippen molar-refractivity contribution >= 4 is 5.96 Å². The number of rotatable bonds is 1. The van der Waals surface area contributed by atoms with E-state index in [1.807, 2.05) is 0 Å². The van der Waals surface area contributed by atoms with Gasteiger partial charge in [0.15, 0.2) is 5.96 Å². The van der Waals surface area contributed by atoms with E-state index >= 15 is 0 Å². The highest BCUT2D eigenvalue weighted by Crippen LogP contribution is 2.24. The van der Waals surface area contributed by atoms with Crippen LogP contribution in [0.25, 0.3) is 0 Å². The Hall–Kier alpha value is -0.770. The number of nitrogens with two attached hydrogens (primary N) is 1. The van der Waals surface area contributed by atoms with Crippen LogP contribution in [0, 0.1) is 0 Å². The Bertz CT molecular complexity index is 246. The van der Waals surface area contributed by atoms with Crippen molar-refractivity contribution in [3.05, 3.63) is 0 Å². The minimum Gasteiger partial charge on any atom is -0.372 e. The Balaban J connectivity index is 1.96.